The zero-order valence-corrected chi connectivity index (χ0v) is 13.9. The normalized spacial score (nSPS) is 17.8. The van der Waals surface area contributed by atoms with Crippen LogP contribution in [0.5, 0.6) is 0 Å². The van der Waals surface area contributed by atoms with E-state index in [1.54, 1.807) is 0 Å². The number of rotatable bonds is 4. The van der Waals surface area contributed by atoms with Crippen LogP contribution in [0.2, 0.25) is 0 Å². The highest BCUT2D eigenvalue weighted by Crippen LogP contribution is 2.32. The molecule has 0 bridgehead atoms. The van der Waals surface area contributed by atoms with Crippen molar-refractivity contribution in [2.24, 2.45) is 0 Å². The third-order valence-electron chi connectivity index (χ3n) is 4.35. The molecule has 0 radical (unpaired) electrons. The van der Waals surface area contributed by atoms with Gasteiger partial charge in [-0.05, 0) is 24.1 Å². The maximum atomic E-state index is 12.5. The zero-order chi connectivity index (χ0) is 16.5. The maximum absolute atomic E-state index is 12.5. The average Bonchev–Trinajstić information content (AvgIpc) is 3.14. The summed E-state index contributed by atoms with van der Waals surface area (Å²) in [6.45, 7) is 1.00. The van der Waals surface area contributed by atoms with Crippen molar-refractivity contribution >= 4 is 33.2 Å². The first-order chi connectivity index (χ1) is 11.7. The lowest BCUT2D eigenvalue weighted by Gasteiger charge is -2.17. The predicted molar refractivity (Wildman–Crippen MR) is 96.8 cm³/mol. The van der Waals surface area contributed by atoms with Crippen molar-refractivity contribution in [2.75, 3.05) is 13.1 Å². The molecule has 1 saturated heterocycles. The summed E-state index contributed by atoms with van der Waals surface area (Å²) in [5, 5.41) is 9.19. The molecule has 4 nitrogen and oxygen atoms in total. The number of para-hydroxylation sites is 1. The first kappa shape index (κ1) is 15.0. The van der Waals surface area contributed by atoms with E-state index < -0.39 is 5.92 Å². The third kappa shape index (κ3) is 2.71. The number of hydrogen-bond acceptors (Lipinski definition) is 4. The number of amidine groups is 1. The second-order valence-electron chi connectivity index (χ2n) is 5.96. The number of thiazole rings is 1. The Bertz CT molecular complexity index is 870. The highest BCUT2D eigenvalue weighted by atomic mass is 32.1. The molecule has 1 aliphatic rings. The lowest BCUT2D eigenvalue weighted by molar-refractivity contribution is -0.117. The molecular formula is C19H17N3OS. The standard InChI is InChI=1S/C19H17N3OS/c20-18-17(19-21-14-8-4-5-9-16(14)24-19)15(23)12-22(18)11-10-13-6-2-1-3-7-13/h1-9,17,20H,10-12H2. The molecule has 1 unspecified atom stereocenters. The number of likely N-dealkylation sites (tertiary alicyclic amines) is 1. The summed E-state index contributed by atoms with van der Waals surface area (Å²) in [5.74, 6) is -0.0414. The molecule has 1 fully saturated rings. The fraction of sp³-hybridized carbons (Fsp3) is 0.211. The molecule has 1 aromatic heterocycles. The van der Waals surface area contributed by atoms with Gasteiger partial charge >= 0.3 is 0 Å². The SMILES string of the molecule is N=C1C(c2nc3ccccc3s2)C(=O)CN1CCc1ccccc1. The van der Waals surface area contributed by atoms with E-state index in [2.05, 4.69) is 17.1 Å². The number of nitrogens with one attached hydrogen (secondary N) is 1. The molecule has 1 aliphatic heterocycles. The van der Waals surface area contributed by atoms with E-state index in [0.29, 0.717) is 18.9 Å². The summed E-state index contributed by atoms with van der Waals surface area (Å²) >= 11 is 1.52. The number of ketones is 1. The Morgan fingerprint density at radius 2 is 1.88 bits per heavy atom. The van der Waals surface area contributed by atoms with E-state index in [0.717, 1.165) is 21.6 Å². The van der Waals surface area contributed by atoms with Gasteiger partial charge in [0.05, 0.1) is 16.8 Å². The van der Waals surface area contributed by atoms with E-state index in [1.165, 1.54) is 16.9 Å². The largest absolute Gasteiger partial charge is 0.352 e. The monoisotopic (exact) mass is 335 g/mol. The van der Waals surface area contributed by atoms with Crippen molar-refractivity contribution < 1.29 is 4.79 Å². The fourth-order valence-corrected chi connectivity index (χ4v) is 4.17. The Morgan fingerprint density at radius 3 is 2.67 bits per heavy atom. The number of carbonyl (C=O) groups excluding carboxylic acids is 1. The van der Waals surface area contributed by atoms with Crippen LogP contribution >= 0.6 is 11.3 Å². The summed E-state index contributed by atoms with van der Waals surface area (Å²) in [7, 11) is 0. The Labute approximate surface area is 144 Å². The van der Waals surface area contributed by atoms with Crippen LogP contribution in [0.25, 0.3) is 10.2 Å². The predicted octanol–water partition coefficient (Wildman–Crippen LogP) is 3.48. The molecule has 0 saturated carbocycles. The molecular weight excluding hydrogens is 318 g/mol. The first-order valence-corrected chi connectivity index (χ1v) is 8.79. The summed E-state index contributed by atoms with van der Waals surface area (Å²) in [6, 6.07) is 18.0. The Hall–Kier alpha value is -2.53. The van der Waals surface area contributed by atoms with Crippen LogP contribution in [0.4, 0.5) is 0 Å². The molecule has 24 heavy (non-hydrogen) atoms. The average molecular weight is 335 g/mol. The minimum Gasteiger partial charge on any atom is -0.352 e. The van der Waals surface area contributed by atoms with Gasteiger partial charge in [-0.25, -0.2) is 4.98 Å². The zero-order valence-electron chi connectivity index (χ0n) is 13.1. The van der Waals surface area contributed by atoms with Crippen molar-refractivity contribution in [1.82, 2.24) is 9.88 Å². The Morgan fingerprint density at radius 1 is 1.12 bits per heavy atom. The molecule has 5 heteroatoms. The molecule has 0 aliphatic carbocycles. The van der Waals surface area contributed by atoms with Crippen molar-refractivity contribution in [1.29, 1.82) is 5.41 Å². The highest BCUT2D eigenvalue weighted by molar-refractivity contribution is 7.18. The number of fused-ring (bicyclic) bond motifs is 1. The van der Waals surface area contributed by atoms with Gasteiger partial charge in [-0.1, -0.05) is 42.5 Å². The Kier molecular flexibility index (Phi) is 3.86. The van der Waals surface area contributed by atoms with Gasteiger partial charge in [-0.3, -0.25) is 10.2 Å². The molecule has 4 rings (SSSR count). The lowest BCUT2D eigenvalue weighted by Crippen LogP contribution is -2.28. The van der Waals surface area contributed by atoms with Gasteiger partial charge in [-0.2, -0.15) is 0 Å². The van der Waals surface area contributed by atoms with Crippen molar-refractivity contribution in [2.45, 2.75) is 12.3 Å². The summed E-state index contributed by atoms with van der Waals surface area (Å²) in [6.07, 6.45) is 0.836. The second kappa shape index (κ2) is 6.17. The van der Waals surface area contributed by atoms with Gasteiger partial charge in [0, 0.05) is 6.54 Å². The van der Waals surface area contributed by atoms with Gasteiger partial charge < -0.3 is 4.90 Å². The quantitative estimate of drug-likeness (QED) is 0.794. The number of aromatic nitrogens is 1. The van der Waals surface area contributed by atoms with Crippen LogP contribution in [0.1, 0.15) is 16.5 Å². The van der Waals surface area contributed by atoms with Crippen LogP contribution in [-0.2, 0) is 11.2 Å². The maximum Gasteiger partial charge on any atom is 0.169 e. The smallest absolute Gasteiger partial charge is 0.169 e. The summed E-state index contributed by atoms with van der Waals surface area (Å²) in [4.78, 5) is 18.9. The van der Waals surface area contributed by atoms with Crippen molar-refractivity contribution in [3.05, 3.63) is 65.2 Å². The molecule has 2 aromatic carbocycles. The van der Waals surface area contributed by atoms with Gasteiger partial charge in [0.25, 0.3) is 0 Å². The van der Waals surface area contributed by atoms with Gasteiger partial charge in [0.15, 0.2) is 5.78 Å². The van der Waals surface area contributed by atoms with Crippen LogP contribution in [0, 0.1) is 5.41 Å². The van der Waals surface area contributed by atoms with Crippen LogP contribution in [0.15, 0.2) is 54.6 Å². The third-order valence-corrected chi connectivity index (χ3v) is 5.45. The molecule has 2 heterocycles. The fourth-order valence-electron chi connectivity index (χ4n) is 3.08. The molecule has 3 aromatic rings. The summed E-state index contributed by atoms with van der Waals surface area (Å²) in [5.41, 5.74) is 2.13. The number of nitrogens with zero attached hydrogens (tertiary/aromatic N) is 2. The van der Waals surface area contributed by atoms with Crippen molar-refractivity contribution in [3.63, 3.8) is 0 Å². The minimum absolute atomic E-state index is 0.0760. The molecule has 1 atom stereocenters. The van der Waals surface area contributed by atoms with Gasteiger partial charge in [0.2, 0.25) is 0 Å². The molecule has 0 amide bonds. The van der Waals surface area contributed by atoms with E-state index in [9.17, 15) is 4.79 Å². The van der Waals surface area contributed by atoms with Crippen LogP contribution < -0.4 is 0 Å². The molecule has 120 valence electrons. The van der Waals surface area contributed by atoms with E-state index in [4.69, 9.17) is 5.41 Å². The number of hydrogen-bond donors (Lipinski definition) is 1. The highest BCUT2D eigenvalue weighted by Gasteiger charge is 2.38. The second-order valence-corrected chi connectivity index (χ2v) is 7.02. The van der Waals surface area contributed by atoms with E-state index in [-0.39, 0.29) is 5.78 Å². The number of benzene rings is 2. The minimum atomic E-state index is -0.502. The lowest BCUT2D eigenvalue weighted by atomic mass is 10.1. The number of Topliss-reactive ketones (excluding diaryl/α,β-unsaturated/α-hetero) is 1. The molecule has 1 N–H and O–H groups in total. The van der Waals surface area contributed by atoms with Gasteiger partial charge in [-0.15, -0.1) is 11.3 Å². The van der Waals surface area contributed by atoms with Gasteiger partial charge in [0.1, 0.15) is 16.8 Å². The number of carbonyl (C=O) groups is 1. The van der Waals surface area contributed by atoms with E-state index >= 15 is 0 Å². The topological polar surface area (TPSA) is 57.1 Å². The summed E-state index contributed by atoms with van der Waals surface area (Å²) < 4.78 is 1.07. The van der Waals surface area contributed by atoms with Crippen LogP contribution in [-0.4, -0.2) is 34.6 Å². The van der Waals surface area contributed by atoms with Crippen molar-refractivity contribution in [3.8, 4) is 0 Å². The first-order valence-electron chi connectivity index (χ1n) is 7.98. The Balaban J connectivity index is 1.53. The van der Waals surface area contributed by atoms with Crippen LogP contribution in [0.3, 0.4) is 0 Å². The molecule has 0 spiro atoms. The van der Waals surface area contributed by atoms with E-state index in [1.807, 2.05) is 47.4 Å².